The molecule has 0 unspecified atom stereocenters. The highest BCUT2D eigenvalue weighted by atomic mass is 16.5. The Bertz CT molecular complexity index is 535. The van der Waals surface area contributed by atoms with Gasteiger partial charge in [0.25, 0.3) is 0 Å². The lowest BCUT2D eigenvalue weighted by Gasteiger charge is -2.17. The van der Waals surface area contributed by atoms with E-state index in [2.05, 4.69) is 0 Å². The van der Waals surface area contributed by atoms with Crippen molar-refractivity contribution in [2.75, 3.05) is 18.1 Å². The number of hydrogen-bond donors (Lipinski definition) is 0. The van der Waals surface area contributed by atoms with Crippen molar-refractivity contribution in [3.8, 4) is 5.75 Å². The third-order valence-electron chi connectivity index (χ3n) is 4.39. The van der Waals surface area contributed by atoms with E-state index in [0.717, 1.165) is 44.3 Å². The summed E-state index contributed by atoms with van der Waals surface area (Å²) in [6, 6.07) is 7.47. The number of nitrogens with zero attached hydrogens (tertiary/aromatic N) is 1. The standard InChI is InChI=1S/C17H21NO3/c19-16(13-5-1-2-6-13)12-21-15-8-3-7-14(11-15)18-10-4-9-17(18)20/h3,7-8,11,13H,1-2,4-6,9-10,12H2. The predicted octanol–water partition coefficient (Wildman–Crippen LogP) is 2.95. The maximum absolute atomic E-state index is 12.0. The van der Waals surface area contributed by atoms with Crippen molar-refractivity contribution in [1.29, 1.82) is 0 Å². The fraction of sp³-hybridized carbons (Fsp3) is 0.529. The maximum Gasteiger partial charge on any atom is 0.227 e. The van der Waals surface area contributed by atoms with Crippen molar-refractivity contribution in [2.24, 2.45) is 5.92 Å². The number of Topliss-reactive ketones (excluding diaryl/α,β-unsaturated/α-hetero) is 1. The number of ketones is 1. The summed E-state index contributed by atoms with van der Waals surface area (Å²) in [6.45, 7) is 0.908. The molecule has 0 spiro atoms. The van der Waals surface area contributed by atoms with E-state index < -0.39 is 0 Å². The Morgan fingerprint density at radius 3 is 2.76 bits per heavy atom. The average molecular weight is 287 g/mol. The zero-order valence-electron chi connectivity index (χ0n) is 12.2. The minimum absolute atomic E-state index is 0.141. The first-order valence-electron chi connectivity index (χ1n) is 7.80. The van der Waals surface area contributed by atoms with Gasteiger partial charge in [0.05, 0.1) is 0 Å². The van der Waals surface area contributed by atoms with E-state index in [0.29, 0.717) is 12.2 Å². The Morgan fingerprint density at radius 1 is 1.24 bits per heavy atom. The molecule has 0 aromatic heterocycles. The summed E-state index contributed by atoms with van der Waals surface area (Å²) >= 11 is 0. The molecule has 1 aromatic carbocycles. The summed E-state index contributed by atoms with van der Waals surface area (Å²) in [5.74, 6) is 1.22. The predicted molar refractivity (Wildman–Crippen MR) is 80.5 cm³/mol. The smallest absolute Gasteiger partial charge is 0.227 e. The minimum atomic E-state index is 0.141. The van der Waals surface area contributed by atoms with E-state index in [1.807, 2.05) is 24.3 Å². The monoisotopic (exact) mass is 287 g/mol. The normalized spacial score (nSPS) is 19.2. The molecule has 1 aliphatic heterocycles. The summed E-state index contributed by atoms with van der Waals surface area (Å²) in [4.78, 5) is 25.6. The Morgan fingerprint density at radius 2 is 2.05 bits per heavy atom. The van der Waals surface area contributed by atoms with Crippen LogP contribution in [0.3, 0.4) is 0 Å². The number of carbonyl (C=O) groups excluding carboxylic acids is 2. The molecule has 1 heterocycles. The molecule has 112 valence electrons. The van der Waals surface area contributed by atoms with Gasteiger partial charge in [-0.15, -0.1) is 0 Å². The van der Waals surface area contributed by atoms with Crippen molar-refractivity contribution < 1.29 is 14.3 Å². The third-order valence-corrected chi connectivity index (χ3v) is 4.39. The van der Waals surface area contributed by atoms with Crippen molar-refractivity contribution in [2.45, 2.75) is 38.5 Å². The van der Waals surface area contributed by atoms with Gasteiger partial charge < -0.3 is 9.64 Å². The summed E-state index contributed by atoms with van der Waals surface area (Å²) in [5.41, 5.74) is 0.864. The Hall–Kier alpha value is -1.84. The zero-order valence-corrected chi connectivity index (χ0v) is 12.2. The number of rotatable bonds is 5. The molecule has 1 aliphatic carbocycles. The van der Waals surface area contributed by atoms with Crippen LogP contribution in [0.1, 0.15) is 38.5 Å². The lowest BCUT2D eigenvalue weighted by molar-refractivity contribution is -0.124. The van der Waals surface area contributed by atoms with Gasteiger partial charge in [-0.3, -0.25) is 9.59 Å². The lowest BCUT2D eigenvalue weighted by Crippen LogP contribution is -2.23. The van der Waals surface area contributed by atoms with Crippen LogP contribution >= 0.6 is 0 Å². The molecule has 0 bridgehead atoms. The average Bonchev–Trinajstić information content (AvgIpc) is 3.16. The number of amides is 1. The first-order chi connectivity index (χ1) is 10.2. The molecular weight excluding hydrogens is 266 g/mol. The summed E-state index contributed by atoms with van der Waals surface area (Å²) in [6.07, 6.45) is 5.84. The molecule has 21 heavy (non-hydrogen) atoms. The third kappa shape index (κ3) is 3.26. The number of anilines is 1. The highest BCUT2D eigenvalue weighted by molar-refractivity contribution is 5.95. The number of hydrogen-bond acceptors (Lipinski definition) is 3. The van der Waals surface area contributed by atoms with Crippen LogP contribution in [0.5, 0.6) is 5.75 Å². The van der Waals surface area contributed by atoms with Crippen LogP contribution < -0.4 is 9.64 Å². The second kappa shape index (κ2) is 6.29. The molecule has 1 saturated carbocycles. The second-order valence-corrected chi connectivity index (χ2v) is 5.88. The van der Waals surface area contributed by atoms with Crippen molar-refractivity contribution in [3.05, 3.63) is 24.3 Å². The molecule has 2 fully saturated rings. The molecule has 2 aliphatic rings. The SMILES string of the molecule is O=C(COc1cccc(N2CCCC2=O)c1)C1CCCC1. The Balaban J connectivity index is 1.60. The fourth-order valence-corrected chi connectivity index (χ4v) is 3.18. The van der Waals surface area contributed by atoms with Crippen LogP contribution in [0.2, 0.25) is 0 Å². The van der Waals surface area contributed by atoms with Gasteiger partial charge in [0, 0.05) is 30.6 Å². The molecule has 0 N–H and O–H groups in total. The van der Waals surface area contributed by atoms with Gasteiger partial charge in [0.1, 0.15) is 12.4 Å². The van der Waals surface area contributed by atoms with Crippen LogP contribution in [0.4, 0.5) is 5.69 Å². The van der Waals surface area contributed by atoms with Crippen molar-refractivity contribution >= 4 is 17.4 Å². The van der Waals surface area contributed by atoms with E-state index in [1.54, 1.807) is 4.90 Å². The molecule has 1 amide bonds. The number of benzene rings is 1. The highest BCUT2D eigenvalue weighted by Crippen LogP contribution is 2.27. The Kier molecular flexibility index (Phi) is 4.23. The van der Waals surface area contributed by atoms with Gasteiger partial charge in [-0.1, -0.05) is 18.9 Å². The van der Waals surface area contributed by atoms with E-state index in [9.17, 15) is 9.59 Å². The van der Waals surface area contributed by atoms with E-state index in [1.165, 1.54) is 0 Å². The first-order valence-corrected chi connectivity index (χ1v) is 7.80. The van der Waals surface area contributed by atoms with Crippen LogP contribution in [-0.4, -0.2) is 24.8 Å². The molecule has 0 radical (unpaired) electrons. The van der Waals surface area contributed by atoms with Gasteiger partial charge in [0.2, 0.25) is 5.91 Å². The van der Waals surface area contributed by atoms with Crippen LogP contribution in [0.15, 0.2) is 24.3 Å². The van der Waals surface area contributed by atoms with Gasteiger partial charge in [-0.05, 0) is 31.4 Å². The quantitative estimate of drug-likeness (QED) is 0.836. The van der Waals surface area contributed by atoms with Crippen LogP contribution in [-0.2, 0) is 9.59 Å². The zero-order chi connectivity index (χ0) is 14.7. The first kappa shape index (κ1) is 14.1. The number of carbonyl (C=O) groups is 2. The van der Waals surface area contributed by atoms with E-state index >= 15 is 0 Å². The highest BCUT2D eigenvalue weighted by Gasteiger charge is 2.24. The van der Waals surface area contributed by atoms with Gasteiger partial charge in [-0.2, -0.15) is 0 Å². The Labute approximate surface area is 125 Å². The summed E-state index contributed by atoms with van der Waals surface area (Å²) in [7, 11) is 0. The minimum Gasteiger partial charge on any atom is -0.486 e. The lowest BCUT2D eigenvalue weighted by atomic mass is 10.0. The maximum atomic E-state index is 12.0. The summed E-state index contributed by atoms with van der Waals surface area (Å²) < 4.78 is 5.63. The number of ether oxygens (including phenoxy) is 1. The largest absolute Gasteiger partial charge is 0.486 e. The molecule has 3 rings (SSSR count). The van der Waals surface area contributed by atoms with Gasteiger partial charge >= 0.3 is 0 Å². The van der Waals surface area contributed by atoms with E-state index in [4.69, 9.17) is 4.74 Å². The molecule has 0 atom stereocenters. The van der Waals surface area contributed by atoms with E-state index in [-0.39, 0.29) is 24.2 Å². The molecule has 1 saturated heterocycles. The fourth-order valence-electron chi connectivity index (χ4n) is 3.18. The molecule has 4 nitrogen and oxygen atoms in total. The molecule has 4 heteroatoms. The van der Waals surface area contributed by atoms with Crippen LogP contribution in [0, 0.1) is 5.92 Å². The van der Waals surface area contributed by atoms with Crippen molar-refractivity contribution in [3.63, 3.8) is 0 Å². The van der Waals surface area contributed by atoms with Crippen LogP contribution in [0.25, 0.3) is 0 Å². The second-order valence-electron chi connectivity index (χ2n) is 5.88. The summed E-state index contributed by atoms with van der Waals surface area (Å²) in [5, 5.41) is 0. The van der Waals surface area contributed by atoms with Crippen molar-refractivity contribution in [1.82, 2.24) is 0 Å². The van der Waals surface area contributed by atoms with Gasteiger partial charge in [0.15, 0.2) is 5.78 Å². The topological polar surface area (TPSA) is 46.6 Å². The van der Waals surface area contributed by atoms with Gasteiger partial charge in [-0.25, -0.2) is 0 Å². The molecular formula is C17H21NO3. The molecule has 1 aromatic rings.